The number of benzene rings is 2. The summed E-state index contributed by atoms with van der Waals surface area (Å²) < 4.78 is 6.46. The van der Waals surface area contributed by atoms with Gasteiger partial charge in [0.25, 0.3) is 0 Å². The third kappa shape index (κ3) is 3.75. The molecule has 2 N–H and O–H groups in total. The summed E-state index contributed by atoms with van der Waals surface area (Å²) in [7, 11) is 1.67. The largest absolute Gasteiger partial charge is 0.496 e. The van der Waals surface area contributed by atoms with Gasteiger partial charge in [-0.25, -0.2) is 0 Å². The van der Waals surface area contributed by atoms with Crippen LogP contribution >= 0.6 is 27.5 Å². The topological polar surface area (TPSA) is 35.2 Å². The molecule has 2 aromatic rings. The predicted molar refractivity (Wildman–Crippen MR) is 87.6 cm³/mol. The molecule has 0 aromatic heterocycles. The van der Waals surface area contributed by atoms with Gasteiger partial charge < -0.3 is 10.5 Å². The fraction of sp³-hybridized carbons (Fsp3) is 0.250. The first-order chi connectivity index (χ1) is 9.63. The monoisotopic (exact) mass is 353 g/mol. The van der Waals surface area contributed by atoms with Gasteiger partial charge in [-0.1, -0.05) is 39.7 Å². The van der Waals surface area contributed by atoms with Gasteiger partial charge in [-0.15, -0.1) is 0 Å². The van der Waals surface area contributed by atoms with Crippen LogP contribution in [0.3, 0.4) is 0 Å². The summed E-state index contributed by atoms with van der Waals surface area (Å²) in [4.78, 5) is 0. The number of methoxy groups -OCH3 is 1. The molecule has 0 aliphatic heterocycles. The summed E-state index contributed by atoms with van der Waals surface area (Å²) in [6.45, 7) is 0.581. The van der Waals surface area contributed by atoms with Crippen molar-refractivity contribution in [2.45, 2.75) is 12.3 Å². The molecule has 0 saturated heterocycles. The van der Waals surface area contributed by atoms with Crippen LogP contribution in [0.15, 0.2) is 46.9 Å². The van der Waals surface area contributed by atoms with E-state index in [9.17, 15) is 0 Å². The Balaban J connectivity index is 2.26. The molecule has 0 bridgehead atoms. The lowest BCUT2D eigenvalue weighted by molar-refractivity contribution is 0.408. The Morgan fingerprint density at radius 2 is 1.90 bits per heavy atom. The van der Waals surface area contributed by atoms with E-state index in [1.54, 1.807) is 7.11 Å². The summed E-state index contributed by atoms with van der Waals surface area (Å²) >= 11 is 9.52. The van der Waals surface area contributed by atoms with Crippen molar-refractivity contribution >= 4 is 27.5 Å². The Bertz CT molecular complexity index is 571. The van der Waals surface area contributed by atoms with Crippen LogP contribution in [0.5, 0.6) is 5.75 Å². The van der Waals surface area contributed by atoms with Gasteiger partial charge in [-0.2, -0.15) is 0 Å². The smallest absolute Gasteiger partial charge is 0.122 e. The maximum atomic E-state index is 6.07. The summed E-state index contributed by atoms with van der Waals surface area (Å²) in [5, 5.41) is 0.715. The van der Waals surface area contributed by atoms with Gasteiger partial charge in [-0.05, 0) is 54.4 Å². The summed E-state index contributed by atoms with van der Waals surface area (Å²) in [6, 6.07) is 13.9. The minimum absolute atomic E-state index is 0.246. The van der Waals surface area contributed by atoms with Crippen molar-refractivity contribution in [3.8, 4) is 5.75 Å². The van der Waals surface area contributed by atoms with Crippen LogP contribution in [0, 0.1) is 0 Å². The van der Waals surface area contributed by atoms with E-state index in [0.717, 1.165) is 22.2 Å². The standard InChI is InChI=1S/C16H17BrClNO/c1-20-16-7-6-15(18)9-12(16)8-13(10-19)11-2-4-14(17)5-3-11/h2-7,9,13H,8,10,19H2,1H3. The second-order valence-electron chi connectivity index (χ2n) is 4.64. The second kappa shape index (κ2) is 7.11. The van der Waals surface area contributed by atoms with E-state index in [1.165, 1.54) is 5.56 Å². The molecule has 106 valence electrons. The van der Waals surface area contributed by atoms with E-state index in [1.807, 2.05) is 30.3 Å². The van der Waals surface area contributed by atoms with E-state index >= 15 is 0 Å². The Morgan fingerprint density at radius 3 is 2.50 bits per heavy atom. The van der Waals surface area contributed by atoms with Crippen molar-refractivity contribution in [3.63, 3.8) is 0 Å². The van der Waals surface area contributed by atoms with Crippen molar-refractivity contribution in [2.75, 3.05) is 13.7 Å². The highest BCUT2D eigenvalue weighted by atomic mass is 79.9. The molecular weight excluding hydrogens is 338 g/mol. The molecule has 0 heterocycles. The van der Waals surface area contributed by atoms with Gasteiger partial charge in [0.05, 0.1) is 7.11 Å². The first-order valence-corrected chi connectivity index (χ1v) is 7.59. The van der Waals surface area contributed by atoms with Gasteiger partial charge in [0.2, 0.25) is 0 Å². The fourth-order valence-corrected chi connectivity index (χ4v) is 2.70. The highest BCUT2D eigenvalue weighted by Gasteiger charge is 2.14. The highest BCUT2D eigenvalue weighted by molar-refractivity contribution is 9.10. The normalized spacial score (nSPS) is 12.2. The second-order valence-corrected chi connectivity index (χ2v) is 6.00. The third-order valence-corrected chi connectivity index (χ3v) is 4.10. The molecule has 0 aliphatic carbocycles. The van der Waals surface area contributed by atoms with E-state index in [-0.39, 0.29) is 5.92 Å². The van der Waals surface area contributed by atoms with E-state index in [2.05, 4.69) is 28.1 Å². The van der Waals surface area contributed by atoms with Gasteiger partial charge in [-0.3, -0.25) is 0 Å². The summed E-state index contributed by atoms with van der Waals surface area (Å²) in [5.74, 6) is 1.10. The van der Waals surface area contributed by atoms with Crippen molar-refractivity contribution in [1.29, 1.82) is 0 Å². The van der Waals surface area contributed by atoms with E-state index in [0.29, 0.717) is 11.6 Å². The molecule has 0 fully saturated rings. The van der Waals surface area contributed by atoms with Gasteiger partial charge in [0.15, 0.2) is 0 Å². The lowest BCUT2D eigenvalue weighted by atomic mass is 9.92. The number of ether oxygens (including phenoxy) is 1. The zero-order chi connectivity index (χ0) is 14.5. The number of hydrogen-bond acceptors (Lipinski definition) is 2. The van der Waals surface area contributed by atoms with Crippen LogP contribution in [0.1, 0.15) is 17.0 Å². The molecule has 2 nitrogen and oxygen atoms in total. The first kappa shape index (κ1) is 15.4. The molecule has 4 heteroatoms. The van der Waals surface area contributed by atoms with Crippen molar-refractivity contribution in [1.82, 2.24) is 0 Å². The average Bonchev–Trinajstić information content (AvgIpc) is 2.46. The third-order valence-electron chi connectivity index (χ3n) is 3.33. The van der Waals surface area contributed by atoms with Crippen molar-refractivity contribution < 1.29 is 4.74 Å². The first-order valence-electron chi connectivity index (χ1n) is 6.42. The number of nitrogens with two attached hydrogens (primary N) is 1. The van der Waals surface area contributed by atoms with Crippen LogP contribution in [0.2, 0.25) is 5.02 Å². The minimum Gasteiger partial charge on any atom is -0.496 e. The summed E-state index contributed by atoms with van der Waals surface area (Å²) in [5.41, 5.74) is 8.24. The number of hydrogen-bond donors (Lipinski definition) is 1. The van der Waals surface area contributed by atoms with Crippen LogP contribution < -0.4 is 10.5 Å². The molecule has 1 unspecified atom stereocenters. The van der Waals surface area contributed by atoms with Crippen LogP contribution in [-0.4, -0.2) is 13.7 Å². The molecule has 1 atom stereocenters. The number of rotatable bonds is 5. The van der Waals surface area contributed by atoms with Crippen molar-refractivity contribution in [2.24, 2.45) is 5.73 Å². The lowest BCUT2D eigenvalue weighted by Gasteiger charge is -2.17. The quantitative estimate of drug-likeness (QED) is 0.864. The molecule has 0 spiro atoms. The molecule has 2 rings (SSSR count). The SMILES string of the molecule is COc1ccc(Cl)cc1CC(CN)c1ccc(Br)cc1. The molecule has 0 amide bonds. The maximum Gasteiger partial charge on any atom is 0.122 e. The summed E-state index contributed by atoms with van der Waals surface area (Å²) in [6.07, 6.45) is 0.807. The highest BCUT2D eigenvalue weighted by Crippen LogP contribution is 2.29. The Hall–Kier alpha value is -1.03. The van der Waals surface area contributed by atoms with E-state index < -0.39 is 0 Å². The van der Waals surface area contributed by atoms with Crippen LogP contribution in [0.25, 0.3) is 0 Å². The fourth-order valence-electron chi connectivity index (χ4n) is 2.24. The Labute approximate surface area is 133 Å². The predicted octanol–water partition coefficient (Wildman–Crippen LogP) is 4.40. The maximum absolute atomic E-state index is 6.07. The number of halogens is 2. The lowest BCUT2D eigenvalue weighted by Crippen LogP contribution is -2.15. The molecule has 0 saturated carbocycles. The van der Waals surface area contributed by atoms with Gasteiger partial charge in [0, 0.05) is 15.4 Å². The zero-order valence-corrected chi connectivity index (χ0v) is 13.6. The Morgan fingerprint density at radius 1 is 1.20 bits per heavy atom. The molecule has 0 aliphatic rings. The van der Waals surface area contributed by atoms with E-state index in [4.69, 9.17) is 22.1 Å². The minimum atomic E-state index is 0.246. The average molecular weight is 355 g/mol. The molecule has 0 radical (unpaired) electrons. The Kier molecular flexibility index (Phi) is 5.46. The van der Waals surface area contributed by atoms with Crippen molar-refractivity contribution in [3.05, 3.63) is 63.1 Å². The molecule has 20 heavy (non-hydrogen) atoms. The van der Waals surface area contributed by atoms with Gasteiger partial charge in [0.1, 0.15) is 5.75 Å². The molecular formula is C16H17BrClNO. The van der Waals surface area contributed by atoms with Crippen LogP contribution in [-0.2, 0) is 6.42 Å². The van der Waals surface area contributed by atoms with Crippen LogP contribution in [0.4, 0.5) is 0 Å². The molecule has 2 aromatic carbocycles. The van der Waals surface area contributed by atoms with Gasteiger partial charge >= 0.3 is 0 Å². The zero-order valence-electron chi connectivity index (χ0n) is 11.3.